The van der Waals surface area contributed by atoms with Crippen LogP contribution in [-0.2, 0) is 17.5 Å². The van der Waals surface area contributed by atoms with E-state index in [1.165, 1.54) is 29.0 Å². The largest absolute Gasteiger partial charge is 0.444 e. The van der Waals surface area contributed by atoms with E-state index in [2.05, 4.69) is 9.97 Å². The SMILES string of the molecule is Cc1cnc2c(cc(C3CCN(C(=O)OC(C)(C)C)CC3)c(=O)n2Cc2ccccc2C(F)(F)F)n1. The number of rotatable bonds is 3. The van der Waals surface area contributed by atoms with Crippen LogP contribution in [0.1, 0.15) is 61.9 Å². The molecule has 0 aliphatic carbocycles. The summed E-state index contributed by atoms with van der Waals surface area (Å²) in [6, 6.07) is 6.91. The number of piperidine rings is 1. The van der Waals surface area contributed by atoms with E-state index in [9.17, 15) is 22.8 Å². The lowest BCUT2D eigenvalue weighted by atomic mass is 9.90. The second kappa shape index (κ2) is 9.55. The zero-order valence-corrected chi connectivity index (χ0v) is 20.7. The van der Waals surface area contributed by atoms with E-state index in [-0.39, 0.29) is 23.7 Å². The van der Waals surface area contributed by atoms with Gasteiger partial charge in [-0.2, -0.15) is 13.2 Å². The Morgan fingerprint density at radius 1 is 1.14 bits per heavy atom. The highest BCUT2D eigenvalue weighted by atomic mass is 19.4. The Morgan fingerprint density at radius 3 is 2.44 bits per heavy atom. The highest BCUT2D eigenvalue weighted by Crippen LogP contribution is 2.33. The summed E-state index contributed by atoms with van der Waals surface area (Å²) in [6.07, 6.45) is -2.41. The third kappa shape index (κ3) is 5.52. The van der Waals surface area contributed by atoms with Crippen molar-refractivity contribution in [2.45, 2.75) is 64.8 Å². The van der Waals surface area contributed by atoms with Crippen molar-refractivity contribution < 1.29 is 22.7 Å². The van der Waals surface area contributed by atoms with Crippen LogP contribution >= 0.6 is 0 Å². The molecule has 1 amide bonds. The van der Waals surface area contributed by atoms with Gasteiger partial charge in [0.05, 0.1) is 24.0 Å². The molecule has 192 valence electrons. The van der Waals surface area contributed by atoms with Crippen molar-refractivity contribution in [1.82, 2.24) is 19.4 Å². The summed E-state index contributed by atoms with van der Waals surface area (Å²) >= 11 is 0. The molecule has 1 aliphatic rings. The molecule has 0 radical (unpaired) electrons. The number of likely N-dealkylation sites (tertiary alicyclic amines) is 1. The number of carbonyl (C=O) groups is 1. The number of alkyl halides is 3. The molecule has 1 aliphatic heterocycles. The zero-order chi connectivity index (χ0) is 26.3. The maximum atomic E-state index is 13.6. The minimum Gasteiger partial charge on any atom is -0.444 e. The van der Waals surface area contributed by atoms with Crippen molar-refractivity contribution in [3.8, 4) is 0 Å². The predicted molar refractivity (Wildman–Crippen MR) is 129 cm³/mol. The van der Waals surface area contributed by atoms with E-state index in [0.717, 1.165) is 6.07 Å². The Morgan fingerprint density at radius 2 is 1.81 bits per heavy atom. The number of amides is 1. The first-order valence-electron chi connectivity index (χ1n) is 11.8. The Balaban J connectivity index is 1.70. The van der Waals surface area contributed by atoms with Gasteiger partial charge in [0.1, 0.15) is 11.1 Å². The summed E-state index contributed by atoms with van der Waals surface area (Å²) in [5.41, 5.74) is -0.0309. The molecule has 1 saturated heterocycles. The monoisotopic (exact) mass is 502 g/mol. The van der Waals surface area contributed by atoms with Crippen molar-refractivity contribution >= 4 is 17.3 Å². The van der Waals surface area contributed by atoms with E-state index in [1.807, 2.05) is 0 Å². The molecule has 0 bridgehead atoms. The Kier molecular flexibility index (Phi) is 6.81. The highest BCUT2D eigenvalue weighted by molar-refractivity contribution is 5.71. The fourth-order valence-electron chi connectivity index (χ4n) is 4.50. The summed E-state index contributed by atoms with van der Waals surface area (Å²) in [6.45, 7) is 7.70. The summed E-state index contributed by atoms with van der Waals surface area (Å²) in [5.74, 6) is -0.174. The standard InChI is InChI=1S/C26H29F3N4O3/c1-16-14-30-22-21(31-16)13-19(17-9-11-32(12-10-17)24(35)36-25(2,3)4)23(34)33(22)15-18-7-5-6-8-20(18)26(27,28)29/h5-8,13-14,17H,9-12,15H2,1-4H3. The van der Waals surface area contributed by atoms with Crippen LogP contribution in [0.5, 0.6) is 0 Å². The second-order valence-corrected chi connectivity index (χ2v) is 10.1. The lowest BCUT2D eigenvalue weighted by molar-refractivity contribution is -0.138. The molecule has 3 heterocycles. The molecule has 0 spiro atoms. The number of hydrogen-bond donors (Lipinski definition) is 0. The average Bonchev–Trinajstić information content (AvgIpc) is 2.79. The van der Waals surface area contributed by atoms with E-state index in [1.54, 1.807) is 38.7 Å². The number of benzene rings is 1. The summed E-state index contributed by atoms with van der Waals surface area (Å²) in [4.78, 5) is 36.5. The Labute approximate surface area is 206 Å². The molecular formula is C26H29F3N4O3. The predicted octanol–water partition coefficient (Wildman–Crippen LogP) is 5.28. The van der Waals surface area contributed by atoms with Crippen LogP contribution in [0, 0.1) is 6.92 Å². The summed E-state index contributed by atoms with van der Waals surface area (Å²) in [5, 5.41) is 0. The number of nitrogens with zero attached hydrogens (tertiary/aromatic N) is 4. The van der Waals surface area contributed by atoms with Crippen LogP contribution in [-0.4, -0.2) is 44.2 Å². The van der Waals surface area contributed by atoms with Gasteiger partial charge in [-0.3, -0.25) is 9.36 Å². The number of fused-ring (bicyclic) bond motifs is 1. The first-order valence-corrected chi connectivity index (χ1v) is 11.8. The molecule has 36 heavy (non-hydrogen) atoms. The van der Waals surface area contributed by atoms with Gasteiger partial charge < -0.3 is 9.64 Å². The smallest absolute Gasteiger partial charge is 0.416 e. The number of carbonyl (C=O) groups excluding carboxylic acids is 1. The summed E-state index contributed by atoms with van der Waals surface area (Å²) < 4.78 is 47.6. The number of pyridine rings is 1. The molecule has 0 saturated carbocycles. The van der Waals surface area contributed by atoms with Gasteiger partial charge in [0.15, 0.2) is 5.65 Å². The Hall–Kier alpha value is -3.43. The highest BCUT2D eigenvalue weighted by Gasteiger charge is 2.34. The van der Waals surface area contributed by atoms with Crippen LogP contribution in [0.4, 0.5) is 18.0 Å². The molecule has 1 fully saturated rings. The Bertz CT molecular complexity index is 1340. The van der Waals surface area contributed by atoms with E-state index in [0.29, 0.717) is 42.7 Å². The molecule has 0 N–H and O–H groups in total. The van der Waals surface area contributed by atoms with E-state index in [4.69, 9.17) is 4.74 Å². The van der Waals surface area contributed by atoms with Gasteiger partial charge in [-0.15, -0.1) is 0 Å². The first-order chi connectivity index (χ1) is 16.8. The van der Waals surface area contributed by atoms with Gasteiger partial charge in [0.25, 0.3) is 5.56 Å². The van der Waals surface area contributed by atoms with Crippen LogP contribution < -0.4 is 5.56 Å². The third-order valence-electron chi connectivity index (χ3n) is 6.18. The van der Waals surface area contributed by atoms with E-state index >= 15 is 0 Å². The molecule has 2 aromatic heterocycles. The molecule has 3 aromatic rings. The van der Waals surface area contributed by atoms with Crippen LogP contribution in [0.15, 0.2) is 41.3 Å². The number of aromatic nitrogens is 3. The molecule has 0 atom stereocenters. The number of halogens is 3. The minimum atomic E-state index is -4.55. The second-order valence-electron chi connectivity index (χ2n) is 10.1. The van der Waals surface area contributed by atoms with Crippen molar-refractivity contribution in [1.29, 1.82) is 0 Å². The third-order valence-corrected chi connectivity index (χ3v) is 6.18. The lowest BCUT2D eigenvalue weighted by Crippen LogP contribution is -2.42. The summed E-state index contributed by atoms with van der Waals surface area (Å²) in [7, 11) is 0. The maximum Gasteiger partial charge on any atom is 0.416 e. The minimum absolute atomic E-state index is 0.0207. The fraction of sp³-hybridized carbons (Fsp3) is 0.462. The van der Waals surface area contributed by atoms with Crippen molar-refractivity contribution in [3.63, 3.8) is 0 Å². The molecule has 1 aromatic carbocycles. The molecular weight excluding hydrogens is 473 g/mol. The van der Waals surface area contributed by atoms with Gasteiger partial charge in [-0.1, -0.05) is 18.2 Å². The molecule has 10 heteroatoms. The van der Waals surface area contributed by atoms with Gasteiger partial charge >= 0.3 is 12.3 Å². The van der Waals surface area contributed by atoms with E-state index < -0.39 is 29.0 Å². The van der Waals surface area contributed by atoms with Crippen molar-refractivity contribution in [3.05, 3.63) is 69.3 Å². The molecule has 4 rings (SSSR count). The quantitative estimate of drug-likeness (QED) is 0.487. The van der Waals surface area contributed by atoms with Crippen molar-refractivity contribution in [2.24, 2.45) is 0 Å². The van der Waals surface area contributed by atoms with Gasteiger partial charge in [0, 0.05) is 18.7 Å². The number of ether oxygens (including phenoxy) is 1. The normalized spacial score (nSPS) is 15.4. The average molecular weight is 503 g/mol. The maximum absolute atomic E-state index is 13.6. The number of hydrogen-bond acceptors (Lipinski definition) is 5. The van der Waals surface area contributed by atoms with Crippen molar-refractivity contribution in [2.75, 3.05) is 13.1 Å². The van der Waals surface area contributed by atoms with Crippen LogP contribution in [0.3, 0.4) is 0 Å². The van der Waals surface area contributed by atoms with Crippen LogP contribution in [0.25, 0.3) is 11.2 Å². The molecule has 7 nitrogen and oxygen atoms in total. The lowest BCUT2D eigenvalue weighted by Gasteiger charge is -2.33. The van der Waals surface area contributed by atoms with Gasteiger partial charge in [0.2, 0.25) is 0 Å². The zero-order valence-electron chi connectivity index (χ0n) is 20.7. The fourth-order valence-corrected chi connectivity index (χ4v) is 4.50. The van der Waals surface area contributed by atoms with Gasteiger partial charge in [-0.05, 0) is 64.2 Å². The van der Waals surface area contributed by atoms with Crippen LogP contribution in [0.2, 0.25) is 0 Å². The van der Waals surface area contributed by atoms with Gasteiger partial charge in [-0.25, -0.2) is 14.8 Å². The first kappa shape index (κ1) is 25.7. The topological polar surface area (TPSA) is 77.3 Å². The molecule has 0 unspecified atom stereocenters. The number of aryl methyl sites for hydroxylation is 1.